The number of nitro benzene ring substituents is 1. The summed E-state index contributed by atoms with van der Waals surface area (Å²) in [5.74, 6) is -0.354. The van der Waals surface area contributed by atoms with Gasteiger partial charge in [-0.2, -0.15) is 0 Å². The Morgan fingerprint density at radius 1 is 1.18 bits per heavy atom. The van der Waals surface area contributed by atoms with Crippen molar-refractivity contribution in [2.45, 2.75) is 9.79 Å². The summed E-state index contributed by atoms with van der Waals surface area (Å²) in [6.07, 6.45) is 1.35. The maximum atomic E-state index is 12.9. The van der Waals surface area contributed by atoms with Crippen LogP contribution in [-0.2, 0) is 0 Å². The summed E-state index contributed by atoms with van der Waals surface area (Å²) < 4.78 is 14.2. The molecular formula is C13H8FN5O2S. The van der Waals surface area contributed by atoms with Crippen LogP contribution in [0.3, 0.4) is 0 Å². The van der Waals surface area contributed by atoms with Crippen molar-refractivity contribution in [1.29, 1.82) is 0 Å². The zero-order valence-corrected chi connectivity index (χ0v) is 11.8. The molecule has 0 aliphatic heterocycles. The largest absolute Gasteiger partial charge is 0.285 e. The van der Waals surface area contributed by atoms with Crippen LogP contribution in [0.5, 0.6) is 0 Å². The molecule has 0 aliphatic carbocycles. The van der Waals surface area contributed by atoms with Crippen molar-refractivity contribution in [1.82, 2.24) is 20.2 Å². The van der Waals surface area contributed by atoms with Crippen LogP contribution < -0.4 is 0 Å². The molecule has 0 saturated carbocycles. The highest BCUT2D eigenvalue weighted by molar-refractivity contribution is 7.99. The van der Waals surface area contributed by atoms with Crippen molar-refractivity contribution in [2.75, 3.05) is 0 Å². The lowest BCUT2D eigenvalue weighted by atomic mass is 10.3. The fraction of sp³-hybridized carbons (Fsp3) is 0. The normalized spacial score (nSPS) is 10.6. The molecule has 110 valence electrons. The Morgan fingerprint density at radius 2 is 1.95 bits per heavy atom. The molecule has 9 heteroatoms. The van der Waals surface area contributed by atoms with Crippen molar-refractivity contribution in [3.05, 3.63) is 64.7 Å². The Morgan fingerprint density at radius 3 is 2.59 bits per heavy atom. The molecule has 0 spiro atoms. The lowest BCUT2D eigenvalue weighted by molar-refractivity contribution is -0.387. The molecule has 2 aromatic carbocycles. The van der Waals surface area contributed by atoms with Crippen LogP contribution in [0.4, 0.5) is 10.1 Å². The van der Waals surface area contributed by atoms with E-state index in [4.69, 9.17) is 0 Å². The number of aromatic nitrogens is 4. The smallest absolute Gasteiger partial charge is 0.258 e. The summed E-state index contributed by atoms with van der Waals surface area (Å²) in [5, 5.41) is 21.9. The second-order valence-electron chi connectivity index (χ2n) is 4.22. The van der Waals surface area contributed by atoms with E-state index < -0.39 is 4.92 Å². The molecule has 0 atom stereocenters. The highest BCUT2D eigenvalue weighted by atomic mass is 32.2. The number of hydrogen-bond acceptors (Lipinski definition) is 6. The van der Waals surface area contributed by atoms with E-state index in [1.54, 1.807) is 24.3 Å². The topological polar surface area (TPSA) is 86.7 Å². The van der Waals surface area contributed by atoms with Gasteiger partial charge < -0.3 is 0 Å². The van der Waals surface area contributed by atoms with Crippen LogP contribution in [0.2, 0.25) is 0 Å². The third-order valence-corrected chi connectivity index (χ3v) is 3.87. The van der Waals surface area contributed by atoms with E-state index in [9.17, 15) is 14.5 Å². The van der Waals surface area contributed by atoms with E-state index in [-0.39, 0.29) is 11.5 Å². The van der Waals surface area contributed by atoms with Crippen molar-refractivity contribution >= 4 is 17.4 Å². The summed E-state index contributed by atoms with van der Waals surface area (Å²) in [6.45, 7) is 0. The number of rotatable bonds is 4. The summed E-state index contributed by atoms with van der Waals surface area (Å²) in [7, 11) is 0. The molecular weight excluding hydrogens is 309 g/mol. The molecule has 0 saturated heterocycles. The van der Waals surface area contributed by atoms with Crippen LogP contribution in [-0.4, -0.2) is 25.1 Å². The minimum Gasteiger partial charge on any atom is -0.258 e. The average Bonchev–Trinajstić information content (AvgIpc) is 3.04. The Labute approximate surface area is 127 Å². The number of halogens is 1. The number of nitro groups is 1. The van der Waals surface area contributed by atoms with Crippen LogP contribution in [0.15, 0.2) is 58.6 Å². The van der Waals surface area contributed by atoms with E-state index >= 15 is 0 Å². The Balaban J connectivity index is 1.97. The van der Waals surface area contributed by atoms with Gasteiger partial charge in [0.15, 0.2) is 0 Å². The Bertz CT molecular complexity index is 808. The first kappa shape index (κ1) is 14.1. The number of tetrazole rings is 1. The van der Waals surface area contributed by atoms with Crippen molar-refractivity contribution < 1.29 is 9.31 Å². The fourth-order valence-corrected chi connectivity index (χ4v) is 2.69. The summed E-state index contributed by atoms with van der Waals surface area (Å²) >= 11 is 1.19. The molecule has 0 aliphatic rings. The Kier molecular flexibility index (Phi) is 3.79. The van der Waals surface area contributed by atoms with E-state index in [1.165, 1.54) is 41.0 Å². The molecule has 0 bridgehead atoms. The first-order valence-corrected chi connectivity index (χ1v) is 6.90. The van der Waals surface area contributed by atoms with Crippen molar-refractivity contribution in [3.8, 4) is 5.69 Å². The lowest BCUT2D eigenvalue weighted by Gasteiger charge is -2.05. The van der Waals surface area contributed by atoms with Gasteiger partial charge in [-0.1, -0.05) is 11.8 Å². The van der Waals surface area contributed by atoms with Gasteiger partial charge in [-0.05, 0) is 46.8 Å². The SMILES string of the molecule is O=[N+]([O-])c1cc(-n2cnnn2)ccc1Sc1ccc(F)cc1. The first-order chi connectivity index (χ1) is 10.6. The molecule has 0 unspecified atom stereocenters. The van der Waals surface area contributed by atoms with Gasteiger partial charge in [0.1, 0.15) is 12.1 Å². The molecule has 3 aromatic rings. The molecule has 0 amide bonds. The van der Waals surface area contributed by atoms with Gasteiger partial charge in [-0.25, -0.2) is 9.07 Å². The minimum atomic E-state index is -0.473. The highest BCUT2D eigenvalue weighted by Crippen LogP contribution is 2.35. The maximum absolute atomic E-state index is 12.9. The Hall–Kier alpha value is -2.81. The van der Waals surface area contributed by atoms with Gasteiger partial charge in [0, 0.05) is 11.0 Å². The van der Waals surface area contributed by atoms with Crippen molar-refractivity contribution in [3.63, 3.8) is 0 Å². The van der Waals surface area contributed by atoms with Crippen LogP contribution in [0.25, 0.3) is 5.69 Å². The van der Waals surface area contributed by atoms with Crippen LogP contribution in [0, 0.1) is 15.9 Å². The van der Waals surface area contributed by atoms with Gasteiger partial charge >= 0.3 is 0 Å². The van der Waals surface area contributed by atoms with Gasteiger partial charge in [0.2, 0.25) is 0 Å². The average molecular weight is 317 g/mol. The first-order valence-electron chi connectivity index (χ1n) is 6.09. The van der Waals surface area contributed by atoms with Gasteiger partial charge in [-0.3, -0.25) is 10.1 Å². The zero-order chi connectivity index (χ0) is 15.5. The molecule has 1 aromatic heterocycles. The standard InChI is InChI=1S/C13H8FN5O2S/c14-9-1-4-11(5-2-9)22-13-6-3-10(7-12(13)19(20)21)18-8-15-16-17-18/h1-8H. The second kappa shape index (κ2) is 5.90. The predicted molar refractivity (Wildman–Crippen MR) is 76.3 cm³/mol. The second-order valence-corrected chi connectivity index (χ2v) is 5.33. The molecule has 0 radical (unpaired) electrons. The van der Waals surface area contributed by atoms with E-state index in [0.29, 0.717) is 15.5 Å². The third kappa shape index (κ3) is 2.93. The summed E-state index contributed by atoms with van der Waals surface area (Å²) in [6, 6.07) is 10.4. The summed E-state index contributed by atoms with van der Waals surface area (Å²) in [4.78, 5) is 11.9. The molecule has 22 heavy (non-hydrogen) atoms. The molecule has 0 fully saturated rings. The van der Waals surface area contributed by atoms with Crippen molar-refractivity contribution in [2.24, 2.45) is 0 Å². The zero-order valence-electron chi connectivity index (χ0n) is 11.0. The highest BCUT2D eigenvalue weighted by Gasteiger charge is 2.17. The number of benzene rings is 2. The van der Waals surface area contributed by atoms with Gasteiger partial charge in [-0.15, -0.1) is 5.10 Å². The van der Waals surface area contributed by atoms with E-state index in [1.807, 2.05) is 0 Å². The van der Waals surface area contributed by atoms with E-state index in [0.717, 1.165) is 0 Å². The van der Waals surface area contributed by atoms with Gasteiger partial charge in [0.05, 0.1) is 15.5 Å². The van der Waals surface area contributed by atoms with Crippen LogP contribution in [0.1, 0.15) is 0 Å². The summed E-state index contributed by atoms with van der Waals surface area (Å²) in [5.41, 5.74) is 0.419. The molecule has 3 rings (SSSR count). The molecule has 0 N–H and O–H groups in total. The molecule has 7 nitrogen and oxygen atoms in total. The minimum absolute atomic E-state index is 0.0673. The van der Waals surface area contributed by atoms with Gasteiger partial charge in [0.25, 0.3) is 5.69 Å². The van der Waals surface area contributed by atoms with Crippen LogP contribution >= 0.6 is 11.8 Å². The fourth-order valence-electron chi connectivity index (χ4n) is 1.79. The monoisotopic (exact) mass is 317 g/mol. The quantitative estimate of drug-likeness (QED) is 0.543. The third-order valence-electron chi connectivity index (χ3n) is 2.79. The predicted octanol–water partition coefficient (Wildman–Crippen LogP) is 2.86. The molecule has 1 heterocycles. The number of hydrogen-bond donors (Lipinski definition) is 0. The maximum Gasteiger partial charge on any atom is 0.285 e. The van der Waals surface area contributed by atoms with E-state index in [2.05, 4.69) is 15.5 Å². The number of nitrogens with zero attached hydrogens (tertiary/aromatic N) is 5. The lowest BCUT2D eigenvalue weighted by Crippen LogP contribution is -1.98.